The van der Waals surface area contributed by atoms with Gasteiger partial charge < -0.3 is 0 Å². The number of amides is 1. The molecule has 1 aliphatic rings. The van der Waals surface area contributed by atoms with Gasteiger partial charge in [-0.15, -0.1) is 0 Å². The Morgan fingerprint density at radius 2 is 1.18 bits per heavy atom. The molecule has 1 saturated heterocycles. The molecule has 0 radical (unpaired) electrons. The Morgan fingerprint density at radius 1 is 0.667 bits per heavy atom. The second-order valence-corrected chi connectivity index (χ2v) is 8.72. The van der Waals surface area contributed by atoms with Gasteiger partial charge >= 0.3 is 0 Å². The number of rotatable bonds is 5. The summed E-state index contributed by atoms with van der Waals surface area (Å²) in [7, 11) is 0. The van der Waals surface area contributed by atoms with Gasteiger partial charge in [-0.1, -0.05) is 103 Å². The number of anilines is 1. The molecule has 4 aromatic carbocycles. The summed E-state index contributed by atoms with van der Waals surface area (Å²) in [4.78, 5) is 14.0. The molecule has 1 heterocycles. The predicted molar refractivity (Wildman–Crippen MR) is 136 cm³/mol. The summed E-state index contributed by atoms with van der Waals surface area (Å²) >= 11 is 0. The van der Waals surface area contributed by atoms with Crippen molar-refractivity contribution in [3.8, 4) is 11.1 Å². The van der Waals surface area contributed by atoms with E-state index >= 15 is 0 Å². The van der Waals surface area contributed by atoms with Crippen LogP contribution in [0.1, 0.15) is 41.0 Å². The van der Waals surface area contributed by atoms with Crippen LogP contribution in [0, 0.1) is 6.92 Å². The standard InChI is InChI=1S/C31H27NO/c1-22-8-11-26(12-9-22)31(27-15-13-25(14-16-27)24-6-4-3-5-7-24)28-17-19-29(20-18-28)32-23(2)10-21-30(32)33/h3-9,11-20,31H,2,10,21H2,1H3. The van der Waals surface area contributed by atoms with Crippen molar-refractivity contribution >= 4 is 11.6 Å². The summed E-state index contributed by atoms with van der Waals surface area (Å²) in [6.07, 6.45) is 1.28. The van der Waals surface area contributed by atoms with Crippen molar-refractivity contribution in [3.63, 3.8) is 0 Å². The van der Waals surface area contributed by atoms with Gasteiger partial charge in [-0.05, 0) is 53.3 Å². The molecule has 2 heteroatoms. The molecule has 1 amide bonds. The van der Waals surface area contributed by atoms with E-state index in [-0.39, 0.29) is 11.8 Å². The van der Waals surface area contributed by atoms with E-state index in [1.165, 1.54) is 33.4 Å². The van der Waals surface area contributed by atoms with E-state index in [9.17, 15) is 4.79 Å². The monoisotopic (exact) mass is 429 g/mol. The molecule has 0 N–H and O–H groups in total. The number of carbonyl (C=O) groups is 1. The van der Waals surface area contributed by atoms with Gasteiger partial charge in [0, 0.05) is 23.7 Å². The minimum Gasteiger partial charge on any atom is -0.285 e. The van der Waals surface area contributed by atoms with Crippen LogP contribution in [0.4, 0.5) is 5.69 Å². The molecule has 1 fully saturated rings. The number of carbonyl (C=O) groups excluding carboxylic acids is 1. The summed E-state index contributed by atoms with van der Waals surface area (Å²) in [6.45, 7) is 6.17. The van der Waals surface area contributed by atoms with Gasteiger partial charge in [-0.25, -0.2) is 0 Å². The second kappa shape index (κ2) is 8.91. The van der Waals surface area contributed by atoms with Crippen molar-refractivity contribution in [2.45, 2.75) is 25.7 Å². The van der Waals surface area contributed by atoms with Crippen LogP contribution in [-0.4, -0.2) is 5.91 Å². The van der Waals surface area contributed by atoms with Gasteiger partial charge in [0.25, 0.3) is 0 Å². The molecule has 33 heavy (non-hydrogen) atoms. The third-order valence-electron chi connectivity index (χ3n) is 6.44. The van der Waals surface area contributed by atoms with Crippen molar-refractivity contribution < 1.29 is 4.79 Å². The van der Waals surface area contributed by atoms with Gasteiger partial charge in [0.1, 0.15) is 0 Å². The summed E-state index contributed by atoms with van der Waals surface area (Å²) in [5, 5.41) is 0. The lowest BCUT2D eigenvalue weighted by atomic mass is 9.84. The quantitative estimate of drug-likeness (QED) is 0.301. The van der Waals surface area contributed by atoms with E-state index in [0.29, 0.717) is 6.42 Å². The van der Waals surface area contributed by atoms with Crippen molar-refractivity contribution in [2.75, 3.05) is 4.90 Å². The lowest BCUT2D eigenvalue weighted by molar-refractivity contribution is -0.116. The van der Waals surface area contributed by atoms with Gasteiger partial charge in [0.2, 0.25) is 5.91 Å². The molecule has 0 bridgehead atoms. The highest BCUT2D eigenvalue weighted by Gasteiger charge is 2.26. The first kappa shape index (κ1) is 21.0. The summed E-state index contributed by atoms with van der Waals surface area (Å²) < 4.78 is 0. The van der Waals surface area contributed by atoms with Gasteiger partial charge in [-0.3, -0.25) is 9.69 Å². The SMILES string of the molecule is C=C1CCC(=O)N1c1ccc(C(c2ccc(C)cc2)c2ccc(-c3ccccc3)cc2)cc1. The average Bonchev–Trinajstić information content (AvgIpc) is 3.20. The normalized spacial score (nSPS) is 14.5. The number of allylic oxidation sites excluding steroid dienone is 1. The fourth-order valence-electron chi connectivity index (χ4n) is 4.63. The van der Waals surface area contributed by atoms with E-state index in [4.69, 9.17) is 0 Å². The summed E-state index contributed by atoms with van der Waals surface area (Å²) in [5.41, 5.74) is 9.15. The van der Waals surface area contributed by atoms with E-state index in [2.05, 4.69) is 98.4 Å². The molecule has 0 saturated carbocycles. The minimum absolute atomic E-state index is 0.113. The highest BCUT2D eigenvalue weighted by Crippen LogP contribution is 2.35. The molecule has 1 aliphatic heterocycles. The number of hydrogen-bond acceptors (Lipinski definition) is 1. The molecule has 5 rings (SSSR count). The first-order valence-corrected chi connectivity index (χ1v) is 11.4. The molecular formula is C31H27NO. The molecular weight excluding hydrogens is 402 g/mol. The highest BCUT2D eigenvalue weighted by molar-refractivity contribution is 5.99. The average molecular weight is 430 g/mol. The molecule has 0 aromatic heterocycles. The van der Waals surface area contributed by atoms with E-state index in [1.807, 2.05) is 18.2 Å². The van der Waals surface area contributed by atoms with Crippen LogP contribution in [0.25, 0.3) is 11.1 Å². The maximum absolute atomic E-state index is 12.3. The van der Waals surface area contributed by atoms with Crippen molar-refractivity contribution in [3.05, 3.63) is 138 Å². The Kier molecular flexibility index (Phi) is 5.66. The molecule has 2 nitrogen and oxygen atoms in total. The molecule has 1 unspecified atom stereocenters. The van der Waals surface area contributed by atoms with Crippen molar-refractivity contribution in [2.24, 2.45) is 0 Å². The van der Waals surface area contributed by atoms with E-state index < -0.39 is 0 Å². The molecule has 4 aromatic rings. The summed E-state index contributed by atoms with van der Waals surface area (Å²) in [6, 6.07) is 36.5. The van der Waals surface area contributed by atoms with Crippen LogP contribution in [0.15, 0.2) is 115 Å². The Hall–Kier alpha value is -3.91. The van der Waals surface area contributed by atoms with Gasteiger partial charge in [-0.2, -0.15) is 0 Å². The Labute approximate surface area is 195 Å². The van der Waals surface area contributed by atoms with Crippen molar-refractivity contribution in [1.82, 2.24) is 0 Å². The first-order chi connectivity index (χ1) is 16.1. The zero-order valence-electron chi connectivity index (χ0n) is 18.9. The molecule has 0 aliphatic carbocycles. The van der Waals surface area contributed by atoms with Gasteiger partial charge in [0.15, 0.2) is 0 Å². The molecule has 1 atom stereocenters. The summed E-state index contributed by atoms with van der Waals surface area (Å²) in [5.74, 6) is 0.237. The number of aryl methyl sites for hydroxylation is 1. The zero-order chi connectivity index (χ0) is 22.8. The highest BCUT2D eigenvalue weighted by atomic mass is 16.2. The van der Waals surface area contributed by atoms with Crippen LogP contribution < -0.4 is 4.90 Å². The minimum atomic E-state index is 0.113. The lowest BCUT2D eigenvalue weighted by Gasteiger charge is -2.22. The smallest absolute Gasteiger partial charge is 0.231 e. The zero-order valence-corrected chi connectivity index (χ0v) is 18.9. The van der Waals surface area contributed by atoms with Crippen LogP contribution in [0.5, 0.6) is 0 Å². The van der Waals surface area contributed by atoms with Crippen LogP contribution in [0.3, 0.4) is 0 Å². The van der Waals surface area contributed by atoms with E-state index in [0.717, 1.165) is 17.8 Å². The van der Waals surface area contributed by atoms with Crippen molar-refractivity contribution in [1.29, 1.82) is 0 Å². The topological polar surface area (TPSA) is 20.3 Å². The fraction of sp³-hybridized carbons (Fsp3) is 0.129. The second-order valence-electron chi connectivity index (χ2n) is 8.72. The molecule has 0 spiro atoms. The van der Waals surface area contributed by atoms with Gasteiger partial charge in [0.05, 0.1) is 0 Å². The van der Waals surface area contributed by atoms with Crippen LogP contribution in [-0.2, 0) is 4.79 Å². The largest absolute Gasteiger partial charge is 0.285 e. The predicted octanol–water partition coefficient (Wildman–Crippen LogP) is 7.48. The Balaban J connectivity index is 1.52. The van der Waals surface area contributed by atoms with Crippen LogP contribution in [0.2, 0.25) is 0 Å². The van der Waals surface area contributed by atoms with Crippen LogP contribution >= 0.6 is 0 Å². The van der Waals surface area contributed by atoms with E-state index in [1.54, 1.807) is 4.90 Å². The third kappa shape index (κ3) is 4.25. The fourth-order valence-corrected chi connectivity index (χ4v) is 4.63. The number of hydrogen-bond donors (Lipinski definition) is 0. The number of benzene rings is 4. The number of nitrogens with zero attached hydrogens (tertiary/aromatic N) is 1. The third-order valence-corrected chi connectivity index (χ3v) is 6.44. The maximum Gasteiger partial charge on any atom is 0.231 e. The first-order valence-electron chi connectivity index (χ1n) is 11.4. The maximum atomic E-state index is 12.3. The Bertz CT molecular complexity index is 1250. The lowest BCUT2D eigenvalue weighted by Crippen LogP contribution is -2.21. The Morgan fingerprint density at radius 3 is 1.73 bits per heavy atom. The molecule has 162 valence electrons.